The van der Waals surface area contributed by atoms with Gasteiger partial charge in [0.15, 0.2) is 0 Å². The number of halogens is 1. The molecule has 1 fully saturated rings. The normalized spacial score (nSPS) is 19.0. The van der Waals surface area contributed by atoms with Crippen LogP contribution in [-0.2, 0) is 67.7 Å². The predicted molar refractivity (Wildman–Crippen MR) is 234 cm³/mol. The zero-order chi connectivity index (χ0) is 40.5. The van der Waals surface area contributed by atoms with E-state index in [1.807, 2.05) is 84.9 Å². The maximum Gasteiger partial charge on any atom is 0.117 e. The highest BCUT2D eigenvalue weighted by molar-refractivity contribution is 6.31. The Balaban J connectivity index is 1.22. The Morgan fingerprint density at radius 2 is 1.03 bits per heavy atom. The molecule has 2 unspecified atom stereocenters. The van der Waals surface area contributed by atoms with Crippen LogP contribution in [0.3, 0.4) is 0 Å². The van der Waals surface area contributed by atoms with E-state index in [-0.39, 0.29) is 6.61 Å². The van der Waals surface area contributed by atoms with Gasteiger partial charge in [-0.15, -0.1) is 6.58 Å². The van der Waals surface area contributed by atoms with Crippen LogP contribution >= 0.6 is 11.6 Å². The standard InChI is InChI=1S/C52H53ClO6/c1-2-30-54-31-29-39-23-25-40(26-24-39)32-46-33-45(27-28-47(46)53)49-51(57-36-43-19-11-5-12-20-43)52(58-37-44-21-13-6-14-22-44)50(56-35-42-17-9-4-10-18-42)48(59-49)38-55-34-41-15-7-3-8-16-41/h2-28,33,48-52H,1,29-32,34-38H2/t48-,49?,50-,51?,52+/m1/s1. The highest BCUT2D eigenvalue weighted by atomic mass is 35.5. The van der Waals surface area contributed by atoms with Crippen LogP contribution < -0.4 is 0 Å². The minimum Gasteiger partial charge on any atom is -0.377 e. The van der Waals surface area contributed by atoms with Gasteiger partial charge in [0.2, 0.25) is 0 Å². The highest BCUT2D eigenvalue weighted by Gasteiger charge is 2.49. The van der Waals surface area contributed by atoms with Gasteiger partial charge in [-0.3, -0.25) is 0 Å². The van der Waals surface area contributed by atoms with Crippen LogP contribution in [0.2, 0.25) is 5.02 Å². The first-order valence-electron chi connectivity index (χ1n) is 20.4. The molecule has 6 aromatic carbocycles. The molecular weight excluding hydrogens is 756 g/mol. The van der Waals surface area contributed by atoms with Gasteiger partial charge in [0.25, 0.3) is 0 Å². The van der Waals surface area contributed by atoms with Crippen LogP contribution in [0, 0.1) is 0 Å². The van der Waals surface area contributed by atoms with E-state index in [2.05, 4.69) is 85.4 Å². The molecule has 0 radical (unpaired) electrons. The summed E-state index contributed by atoms with van der Waals surface area (Å²) < 4.78 is 40.1. The molecule has 59 heavy (non-hydrogen) atoms. The molecule has 0 saturated carbocycles. The van der Waals surface area contributed by atoms with Crippen molar-refractivity contribution in [2.75, 3.05) is 19.8 Å². The minimum absolute atomic E-state index is 0.285. The number of benzene rings is 6. The second-order valence-corrected chi connectivity index (χ2v) is 15.2. The molecule has 0 spiro atoms. The lowest BCUT2D eigenvalue weighted by Gasteiger charge is -2.46. The van der Waals surface area contributed by atoms with Crippen molar-refractivity contribution in [3.8, 4) is 0 Å². The van der Waals surface area contributed by atoms with Gasteiger partial charge in [-0.25, -0.2) is 0 Å². The first-order valence-corrected chi connectivity index (χ1v) is 20.8. The molecule has 7 heteroatoms. The Kier molecular flexibility index (Phi) is 16.1. The molecule has 0 aliphatic carbocycles. The molecule has 0 bridgehead atoms. The summed E-state index contributed by atoms with van der Waals surface area (Å²) in [6, 6.07) is 55.6. The van der Waals surface area contributed by atoms with Crippen molar-refractivity contribution in [2.45, 2.75) is 69.8 Å². The Bertz CT molecular complexity index is 2110. The Labute approximate surface area is 354 Å². The summed E-state index contributed by atoms with van der Waals surface area (Å²) in [6.45, 7) is 6.76. The third-order valence-corrected chi connectivity index (χ3v) is 10.8. The largest absolute Gasteiger partial charge is 0.377 e. The minimum atomic E-state index is -0.554. The van der Waals surface area contributed by atoms with E-state index in [9.17, 15) is 0 Å². The first kappa shape index (κ1) is 42.2. The number of hydrogen-bond acceptors (Lipinski definition) is 6. The van der Waals surface area contributed by atoms with Crippen molar-refractivity contribution < 1.29 is 28.4 Å². The van der Waals surface area contributed by atoms with Crippen molar-refractivity contribution >= 4 is 11.6 Å². The van der Waals surface area contributed by atoms with Gasteiger partial charge in [-0.2, -0.15) is 0 Å². The molecule has 1 heterocycles. The van der Waals surface area contributed by atoms with Gasteiger partial charge < -0.3 is 28.4 Å². The lowest BCUT2D eigenvalue weighted by atomic mass is 9.89. The SMILES string of the molecule is C=CCOCCc1ccc(Cc2cc(C3O[C@H](COCc4ccccc4)[C@@H](OCc4ccccc4)[C@H](OCc4ccccc4)C3OCc3ccccc3)ccc2Cl)cc1. The molecule has 304 valence electrons. The summed E-state index contributed by atoms with van der Waals surface area (Å²) in [5, 5.41) is 0.692. The summed E-state index contributed by atoms with van der Waals surface area (Å²) in [7, 11) is 0. The summed E-state index contributed by atoms with van der Waals surface area (Å²) in [5.74, 6) is 0. The van der Waals surface area contributed by atoms with Crippen molar-refractivity contribution in [2.24, 2.45) is 0 Å². The van der Waals surface area contributed by atoms with Crippen LogP contribution in [0.4, 0.5) is 0 Å². The lowest BCUT2D eigenvalue weighted by molar-refractivity contribution is -0.275. The molecule has 1 aliphatic heterocycles. The number of hydrogen-bond donors (Lipinski definition) is 0. The van der Waals surface area contributed by atoms with Gasteiger partial charge in [0.1, 0.15) is 30.5 Å². The van der Waals surface area contributed by atoms with Gasteiger partial charge in [-0.05, 0) is 63.4 Å². The van der Waals surface area contributed by atoms with Gasteiger partial charge in [0.05, 0.1) is 46.2 Å². The summed E-state index contributed by atoms with van der Waals surface area (Å²) in [4.78, 5) is 0. The predicted octanol–water partition coefficient (Wildman–Crippen LogP) is 11.1. The van der Waals surface area contributed by atoms with E-state index < -0.39 is 30.5 Å². The third-order valence-electron chi connectivity index (χ3n) is 10.5. The molecule has 1 aliphatic rings. The second-order valence-electron chi connectivity index (χ2n) is 14.8. The van der Waals surface area contributed by atoms with Crippen molar-refractivity contribution in [1.82, 2.24) is 0 Å². The van der Waals surface area contributed by atoms with Crippen LogP contribution in [0.1, 0.15) is 50.6 Å². The topological polar surface area (TPSA) is 55.4 Å². The molecule has 7 rings (SSSR count). The third kappa shape index (κ3) is 12.6. The zero-order valence-corrected chi connectivity index (χ0v) is 34.2. The van der Waals surface area contributed by atoms with Crippen LogP contribution in [0.15, 0.2) is 176 Å². The Hall–Kier alpha value is -4.89. The van der Waals surface area contributed by atoms with Crippen LogP contribution in [-0.4, -0.2) is 44.2 Å². The zero-order valence-electron chi connectivity index (χ0n) is 33.5. The lowest BCUT2D eigenvalue weighted by Crippen LogP contribution is -2.58. The highest BCUT2D eigenvalue weighted by Crippen LogP contribution is 2.40. The number of ether oxygens (including phenoxy) is 6. The molecular formula is C52H53ClO6. The molecule has 0 N–H and O–H groups in total. The van der Waals surface area contributed by atoms with E-state index in [0.29, 0.717) is 51.1 Å². The van der Waals surface area contributed by atoms with Gasteiger partial charge >= 0.3 is 0 Å². The maximum absolute atomic E-state index is 7.19. The fourth-order valence-corrected chi connectivity index (χ4v) is 7.55. The van der Waals surface area contributed by atoms with Gasteiger partial charge in [-0.1, -0.05) is 175 Å². The van der Waals surface area contributed by atoms with E-state index in [0.717, 1.165) is 45.4 Å². The van der Waals surface area contributed by atoms with E-state index >= 15 is 0 Å². The van der Waals surface area contributed by atoms with Crippen molar-refractivity contribution in [1.29, 1.82) is 0 Å². The average Bonchev–Trinajstić information content (AvgIpc) is 3.28. The quantitative estimate of drug-likeness (QED) is 0.0533. The van der Waals surface area contributed by atoms with Crippen molar-refractivity contribution in [3.63, 3.8) is 0 Å². The maximum atomic E-state index is 7.19. The first-order chi connectivity index (χ1) is 29.1. The van der Waals surface area contributed by atoms with Crippen molar-refractivity contribution in [3.05, 3.63) is 226 Å². The fraction of sp³-hybridized carbons (Fsp3) is 0.269. The summed E-state index contributed by atoms with van der Waals surface area (Å²) >= 11 is 6.96. The van der Waals surface area contributed by atoms with Gasteiger partial charge in [0, 0.05) is 5.02 Å². The van der Waals surface area contributed by atoms with E-state index in [1.54, 1.807) is 6.08 Å². The molecule has 6 aromatic rings. The molecule has 6 nitrogen and oxygen atoms in total. The average molecular weight is 809 g/mol. The Morgan fingerprint density at radius 3 is 1.59 bits per heavy atom. The smallest absolute Gasteiger partial charge is 0.117 e. The molecule has 1 saturated heterocycles. The second kappa shape index (κ2) is 22.5. The number of rotatable bonds is 21. The summed E-state index contributed by atoms with van der Waals surface area (Å²) in [5.41, 5.74) is 8.57. The van der Waals surface area contributed by atoms with Crippen LogP contribution in [0.5, 0.6) is 0 Å². The Morgan fingerprint density at radius 1 is 0.525 bits per heavy atom. The summed E-state index contributed by atoms with van der Waals surface area (Å²) in [6.07, 6.45) is 0.625. The fourth-order valence-electron chi connectivity index (χ4n) is 7.37. The van der Waals surface area contributed by atoms with E-state index in [4.69, 9.17) is 40.0 Å². The van der Waals surface area contributed by atoms with Crippen LogP contribution in [0.25, 0.3) is 0 Å². The monoisotopic (exact) mass is 808 g/mol. The molecule has 5 atom stereocenters. The van der Waals surface area contributed by atoms with E-state index in [1.165, 1.54) is 5.56 Å². The molecule has 0 amide bonds. The molecule has 0 aromatic heterocycles.